The maximum atomic E-state index is 11.2. The molecule has 0 amide bonds. The first-order valence-electron chi connectivity index (χ1n) is 5.65. The highest BCUT2D eigenvalue weighted by molar-refractivity contribution is 5.87. The number of rotatable bonds is 3. The van der Waals surface area contributed by atoms with E-state index in [-0.39, 0.29) is 18.2 Å². The van der Waals surface area contributed by atoms with Gasteiger partial charge >= 0.3 is 5.97 Å². The highest BCUT2D eigenvalue weighted by Crippen LogP contribution is 2.10. The lowest BCUT2D eigenvalue weighted by molar-refractivity contribution is -0.136. The average Bonchev–Trinajstić information content (AvgIpc) is 2.23. The maximum absolute atomic E-state index is 11.2. The van der Waals surface area contributed by atoms with Crippen molar-refractivity contribution in [1.29, 1.82) is 0 Å². The fourth-order valence-electron chi connectivity index (χ4n) is 1.94. The van der Waals surface area contributed by atoms with Gasteiger partial charge in [0.25, 0.3) is 0 Å². The number of carbonyl (C=O) groups is 1. The van der Waals surface area contributed by atoms with E-state index in [0.29, 0.717) is 5.57 Å². The molecule has 0 aromatic carbocycles. The molecule has 0 radical (unpaired) electrons. The van der Waals surface area contributed by atoms with Crippen LogP contribution in [0.25, 0.3) is 0 Å². The minimum Gasteiger partial charge on any atom is -0.466 e. The number of ether oxygens (including phenoxy) is 2. The molecule has 0 aliphatic carbocycles. The Morgan fingerprint density at radius 3 is 2.50 bits per heavy atom. The lowest BCUT2D eigenvalue weighted by Crippen LogP contribution is -2.45. The zero-order valence-electron chi connectivity index (χ0n) is 10.5. The van der Waals surface area contributed by atoms with E-state index in [0.717, 1.165) is 19.6 Å². The monoisotopic (exact) mass is 227 g/mol. The number of methoxy groups -OCH3 is 1. The molecule has 2 atom stereocenters. The first kappa shape index (κ1) is 13.2. The molecule has 0 N–H and O–H groups in total. The highest BCUT2D eigenvalue weighted by Gasteiger charge is 2.21. The lowest BCUT2D eigenvalue weighted by Gasteiger charge is -2.34. The van der Waals surface area contributed by atoms with Crippen LogP contribution >= 0.6 is 0 Å². The third-order valence-electron chi connectivity index (χ3n) is 2.66. The molecule has 1 fully saturated rings. The number of morpholine rings is 1. The van der Waals surface area contributed by atoms with Crippen molar-refractivity contribution in [3.63, 3.8) is 0 Å². The van der Waals surface area contributed by atoms with Crippen LogP contribution in [0.1, 0.15) is 20.8 Å². The van der Waals surface area contributed by atoms with Crippen LogP contribution in [0.2, 0.25) is 0 Å². The maximum Gasteiger partial charge on any atom is 0.333 e. The van der Waals surface area contributed by atoms with Crippen molar-refractivity contribution in [3.05, 3.63) is 11.6 Å². The van der Waals surface area contributed by atoms with Gasteiger partial charge in [-0.15, -0.1) is 0 Å². The van der Waals surface area contributed by atoms with Gasteiger partial charge < -0.3 is 9.47 Å². The molecule has 92 valence electrons. The second-order valence-corrected chi connectivity index (χ2v) is 4.35. The molecule has 0 spiro atoms. The van der Waals surface area contributed by atoms with Gasteiger partial charge in [-0.2, -0.15) is 0 Å². The summed E-state index contributed by atoms with van der Waals surface area (Å²) in [6, 6.07) is 0. The Morgan fingerprint density at radius 1 is 1.44 bits per heavy atom. The normalized spacial score (nSPS) is 27.9. The minimum atomic E-state index is -0.255. The van der Waals surface area contributed by atoms with Crippen LogP contribution in [0.3, 0.4) is 0 Å². The molecule has 1 heterocycles. The van der Waals surface area contributed by atoms with Gasteiger partial charge in [0, 0.05) is 25.2 Å². The summed E-state index contributed by atoms with van der Waals surface area (Å²) in [4.78, 5) is 13.5. The largest absolute Gasteiger partial charge is 0.466 e. The molecule has 1 aliphatic heterocycles. The van der Waals surface area contributed by atoms with Crippen molar-refractivity contribution < 1.29 is 14.3 Å². The van der Waals surface area contributed by atoms with Crippen molar-refractivity contribution >= 4 is 5.97 Å². The number of nitrogens with zero attached hydrogens (tertiary/aromatic N) is 1. The molecule has 1 aliphatic rings. The molecule has 0 unspecified atom stereocenters. The van der Waals surface area contributed by atoms with Crippen LogP contribution in [0.4, 0.5) is 0 Å². The van der Waals surface area contributed by atoms with E-state index in [1.165, 1.54) is 7.11 Å². The van der Waals surface area contributed by atoms with Crippen LogP contribution in [0.5, 0.6) is 0 Å². The smallest absolute Gasteiger partial charge is 0.333 e. The SMILES string of the molecule is COC(=O)C(C)=CCN1C[C@@H](C)O[C@@H](C)C1. The second kappa shape index (κ2) is 6.01. The van der Waals surface area contributed by atoms with Gasteiger partial charge in [-0.3, -0.25) is 4.90 Å². The Morgan fingerprint density at radius 2 is 2.00 bits per heavy atom. The highest BCUT2D eigenvalue weighted by atomic mass is 16.5. The fourth-order valence-corrected chi connectivity index (χ4v) is 1.94. The van der Waals surface area contributed by atoms with Gasteiger partial charge in [0.05, 0.1) is 19.3 Å². The predicted octanol–water partition coefficient (Wildman–Crippen LogP) is 1.21. The quantitative estimate of drug-likeness (QED) is 0.536. The van der Waals surface area contributed by atoms with E-state index in [2.05, 4.69) is 23.5 Å². The van der Waals surface area contributed by atoms with Crippen LogP contribution in [-0.2, 0) is 14.3 Å². The fraction of sp³-hybridized carbons (Fsp3) is 0.750. The number of hydrogen-bond acceptors (Lipinski definition) is 4. The third kappa shape index (κ3) is 3.94. The Hall–Kier alpha value is -0.870. The summed E-state index contributed by atoms with van der Waals surface area (Å²) in [5.41, 5.74) is 0.661. The molecule has 0 bridgehead atoms. The third-order valence-corrected chi connectivity index (χ3v) is 2.66. The number of hydrogen-bond donors (Lipinski definition) is 0. The molecule has 1 rings (SSSR count). The summed E-state index contributed by atoms with van der Waals surface area (Å²) >= 11 is 0. The van der Waals surface area contributed by atoms with E-state index < -0.39 is 0 Å². The van der Waals surface area contributed by atoms with Crippen LogP contribution in [0, 0.1) is 0 Å². The summed E-state index contributed by atoms with van der Waals surface area (Å²) in [6.07, 6.45) is 2.43. The van der Waals surface area contributed by atoms with E-state index >= 15 is 0 Å². The van der Waals surface area contributed by atoms with Crippen LogP contribution in [-0.4, -0.2) is 49.8 Å². The average molecular weight is 227 g/mol. The van der Waals surface area contributed by atoms with Crippen molar-refractivity contribution in [2.75, 3.05) is 26.7 Å². The molecule has 4 heteroatoms. The lowest BCUT2D eigenvalue weighted by atomic mass is 10.2. The Balaban J connectivity index is 2.45. The predicted molar refractivity (Wildman–Crippen MR) is 62.2 cm³/mol. The zero-order valence-corrected chi connectivity index (χ0v) is 10.5. The van der Waals surface area contributed by atoms with Crippen molar-refractivity contribution in [2.45, 2.75) is 33.0 Å². The van der Waals surface area contributed by atoms with Gasteiger partial charge in [0.15, 0.2) is 0 Å². The molecule has 0 aromatic rings. The molecule has 4 nitrogen and oxygen atoms in total. The summed E-state index contributed by atoms with van der Waals surface area (Å²) < 4.78 is 10.3. The number of esters is 1. The van der Waals surface area contributed by atoms with Gasteiger partial charge in [-0.05, 0) is 20.8 Å². The Bertz CT molecular complexity index is 265. The van der Waals surface area contributed by atoms with E-state index in [1.54, 1.807) is 6.92 Å². The van der Waals surface area contributed by atoms with E-state index in [9.17, 15) is 4.79 Å². The van der Waals surface area contributed by atoms with E-state index in [4.69, 9.17) is 4.74 Å². The summed E-state index contributed by atoms with van der Waals surface area (Å²) in [5, 5.41) is 0. The van der Waals surface area contributed by atoms with Crippen molar-refractivity contribution in [2.24, 2.45) is 0 Å². The first-order chi connectivity index (χ1) is 7.52. The Kier molecular flexibility index (Phi) is 4.96. The van der Waals surface area contributed by atoms with Crippen molar-refractivity contribution in [3.8, 4) is 0 Å². The van der Waals surface area contributed by atoms with Gasteiger partial charge in [0.1, 0.15) is 0 Å². The molecule has 1 saturated heterocycles. The Labute approximate surface area is 97.2 Å². The summed E-state index contributed by atoms with van der Waals surface area (Å²) in [6.45, 7) is 8.52. The van der Waals surface area contributed by atoms with Gasteiger partial charge in [-0.1, -0.05) is 6.08 Å². The molecular weight excluding hydrogens is 206 g/mol. The van der Waals surface area contributed by atoms with Crippen LogP contribution in [0.15, 0.2) is 11.6 Å². The van der Waals surface area contributed by atoms with Crippen molar-refractivity contribution in [1.82, 2.24) is 4.90 Å². The molecule has 0 aromatic heterocycles. The van der Waals surface area contributed by atoms with Gasteiger partial charge in [0.2, 0.25) is 0 Å². The topological polar surface area (TPSA) is 38.8 Å². The summed E-state index contributed by atoms with van der Waals surface area (Å²) in [7, 11) is 1.40. The zero-order chi connectivity index (χ0) is 12.1. The standard InChI is InChI=1S/C12H21NO3/c1-9(12(14)15-4)5-6-13-7-10(2)16-11(3)8-13/h5,10-11H,6-8H2,1-4H3/t10-,11+. The molecule has 16 heavy (non-hydrogen) atoms. The first-order valence-corrected chi connectivity index (χ1v) is 5.65. The van der Waals surface area contributed by atoms with E-state index in [1.807, 2.05) is 6.08 Å². The minimum absolute atomic E-state index is 0.255. The molecular formula is C12H21NO3. The number of carbonyl (C=O) groups excluding carboxylic acids is 1. The molecule has 0 saturated carbocycles. The van der Waals surface area contributed by atoms with Crippen LogP contribution < -0.4 is 0 Å². The second-order valence-electron chi connectivity index (χ2n) is 4.35. The van der Waals surface area contributed by atoms with Gasteiger partial charge in [-0.25, -0.2) is 4.79 Å². The summed E-state index contributed by atoms with van der Waals surface area (Å²) in [5.74, 6) is -0.255.